The van der Waals surface area contributed by atoms with E-state index in [1.165, 1.54) is 0 Å². The fourth-order valence-electron chi connectivity index (χ4n) is 4.22. The van der Waals surface area contributed by atoms with Crippen LogP contribution >= 0.6 is 11.8 Å². The standard InChI is InChI=1S/C33H44N2O6S/c1-3-11-28(22-31(37)34-17-19-40-20-18-36)32(38)35-30(25-42-24-27-15-9-6-10-16-27)23-41-33(39)29(12-4-2)21-26-13-7-5-8-14-26/h3-10,13-16,28-30,36H,1-2,11-12,17-25H2,(H,34,37)(H,35,38)/t28-,29-,30-/m1/s1. The fourth-order valence-corrected chi connectivity index (χ4v) is 5.23. The van der Waals surface area contributed by atoms with Crippen LogP contribution in [0.25, 0.3) is 0 Å². The van der Waals surface area contributed by atoms with Gasteiger partial charge >= 0.3 is 5.97 Å². The van der Waals surface area contributed by atoms with Crippen molar-refractivity contribution in [2.45, 2.75) is 37.5 Å². The number of hydrogen-bond acceptors (Lipinski definition) is 7. The first kappa shape index (κ1) is 34.8. The summed E-state index contributed by atoms with van der Waals surface area (Å²) in [7, 11) is 0. The molecule has 0 bridgehead atoms. The molecule has 0 aliphatic rings. The molecule has 0 spiro atoms. The number of ether oxygens (including phenoxy) is 2. The van der Waals surface area contributed by atoms with Crippen LogP contribution in [0.15, 0.2) is 86.0 Å². The summed E-state index contributed by atoms with van der Waals surface area (Å²) in [5.41, 5.74) is 2.19. The summed E-state index contributed by atoms with van der Waals surface area (Å²) in [6.07, 6.45) is 4.66. The maximum absolute atomic E-state index is 13.3. The number of thioether (sulfide) groups is 1. The van der Waals surface area contributed by atoms with E-state index in [0.717, 1.165) is 16.9 Å². The molecule has 0 aromatic heterocycles. The lowest BCUT2D eigenvalue weighted by Gasteiger charge is -2.23. The molecule has 0 unspecified atom stereocenters. The molecular formula is C33H44N2O6S. The lowest BCUT2D eigenvalue weighted by molar-refractivity contribution is -0.149. The zero-order valence-electron chi connectivity index (χ0n) is 24.2. The third-order valence-corrected chi connectivity index (χ3v) is 7.55. The molecule has 9 heteroatoms. The second-order valence-electron chi connectivity index (χ2n) is 9.86. The van der Waals surface area contributed by atoms with Crippen molar-refractivity contribution in [1.29, 1.82) is 0 Å². The highest BCUT2D eigenvalue weighted by Gasteiger charge is 2.25. The molecule has 228 valence electrons. The predicted molar refractivity (Wildman–Crippen MR) is 168 cm³/mol. The van der Waals surface area contributed by atoms with Gasteiger partial charge in [0.15, 0.2) is 0 Å². The van der Waals surface area contributed by atoms with E-state index in [1.807, 2.05) is 60.7 Å². The lowest BCUT2D eigenvalue weighted by atomic mass is 9.96. The van der Waals surface area contributed by atoms with Crippen LogP contribution in [0, 0.1) is 11.8 Å². The summed E-state index contributed by atoms with van der Waals surface area (Å²) in [5, 5.41) is 14.5. The van der Waals surface area contributed by atoms with Crippen LogP contribution in [0.4, 0.5) is 0 Å². The van der Waals surface area contributed by atoms with E-state index in [9.17, 15) is 14.4 Å². The van der Waals surface area contributed by atoms with Crippen molar-refractivity contribution in [2.75, 3.05) is 38.7 Å². The minimum Gasteiger partial charge on any atom is -0.463 e. The van der Waals surface area contributed by atoms with Gasteiger partial charge in [0, 0.05) is 24.5 Å². The van der Waals surface area contributed by atoms with Crippen LogP contribution < -0.4 is 10.6 Å². The Balaban J connectivity index is 2.01. The number of carbonyl (C=O) groups excluding carboxylic acids is 3. The smallest absolute Gasteiger partial charge is 0.309 e. The van der Waals surface area contributed by atoms with E-state index in [4.69, 9.17) is 14.6 Å². The molecule has 2 rings (SSSR count). The molecule has 42 heavy (non-hydrogen) atoms. The van der Waals surface area contributed by atoms with Gasteiger partial charge in [-0.05, 0) is 30.4 Å². The largest absolute Gasteiger partial charge is 0.463 e. The van der Waals surface area contributed by atoms with Crippen LogP contribution in [-0.4, -0.2) is 67.7 Å². The molecule has 2 amide bonds. The van der Waals surface area contributed by atoms with Gasteiger partial charge in [-0.1, -0.05) is 72.8 Å². The van der Waals surface area contributed by atoms with E-state index in [0.29, 0.717) is 25.0 Å². The Kier molecular flexibility index (Phi) is 17.7. The number of hydrogen-bond donors (Lipinski definition) is 3. The van der Waals surface area contributed by atoms with Gasteiger partial charge in [-0.15, -0.1) is 13.2 Å². The molecule has 0 saturated carbocycles. The summed E-state index contributed by atoms with van der Waals surface area (Å²) in [6, 6.07) is 19.3. The van der Waals surface area contributed by atoms with E-state index >= 15 is 0 Å². The van der Waals surface area contributed by atoms with Crippen LogP contribution in [0.3, 0.4) is 0 Å². The van der Waals surface area contributed by atoms with Gasteiger partial charge < -0.3 is 25.2 Å². The van der Waals surface area contributed by atoms with Crippen molar-refractivity contribution < 1.29 is 29.0 Å². The molecule has 0 saturated heterocycles. The summed E-state index contributed by atoms with van der Waals surface area (Å²) >= 11 is 1.63. The average molecular weight is 597 g/mol. The Morgan fingerprint density at radius 1 is 0.905 bits per heavy atom. The molecule has 3 atom stereocenters. The second-order valence-corrected chi connectivity index (χ2v) is 10.9. The minimum atomic E-state index is -0.621. The zero-order chi connectivity index (χ0) is 30.4. The number of allylic oxidation sites excluding steroid dienone is 2. The third-order valence-electron chi connectivity index (χ3n) is 6.37. The van der Waals surface area contributed by atoms with Gasteiger partial charge in [0.2, 0.25) is 11.8 Å². The average Bonchev–Trinajstić information content (AvgIpc) is 3.00. The summed E-state index contributed by atoms with van der Waals surface area (Å²) in [4.78, 5) is 38.9. The van der Waals surface area contributed by atoms with Crippen LogP contribution in [0.5, 0.6) is 0 Å². The molecule has 3 N–H and O–H groups in total. The Morgan fingerprint density at radius 3 is 2.19 bits per heavy atom. The second kappa shape index (κ2) is 21.3. The van der Waals surface area contributed by atoms with Crippen molar-refractivity contribution in [3.05, 3.63) is 97.1 Å². The first-order valence-electron chi connectivity index (χ1n) is 14.3. The summed E-state index contributed by atoms with van der Waals surface area (Å²) < 4.78 is 10.9. The number of benzene rings is 2. The normalized spacial score (nSPS) is 12.9. The monoisotopic (exact) mass is 596 g/mol. The number of rotatable bonds is 22. The first-order valence-corrected chi connectivity index (χ1v) is 15.4. The van der Waals surface area contributed by atoms with E-state index in [1.54, 1.807) is 23.9 Å². The van der Waals surface area contributed by atoms with Crippen LogP contribution in [0.1, 0.15) is 30.4 Å². The highest BCUT2D eigenvalue weighted by molar-refractivity contribution is 7.98. The molecule has 0 aliphatic carbocycles. The van der Waals surface area contributed by atoms with Crippen molar-refractivity contribution in [3.8, 4) is 0 Å². The summed E-state index contributed by atoms with van der Waals surface area (Å²) in [6.45, 7) is 8.22. The molecule has 8 nitrogen and oxygen atoms in total. The van der Waals surface area contributed by atoms with Gasteiger partial charge in [0.25, 0.3) is 0 Å². The van der Waals surface area contributed by atoms with Gasteiger partial charge in [0.05, 0.1) is 37.7 Å². The van der Waals surface area contributed by atoms with E-state index in [2.05, 4.69) is 23.8 Å². The molecule has 0 heterocycles. The number of aliphatic hydroxyl groups excluding tert-OH is 1. The Labute approximate surface area is 254 Å². The minimum absolute atomic E-state index is 0.0139. The molecule has 2 aromatic carbocycles. The maximum Gasteiger partial charge on any atom is 0.309 e. The number of aliphatic hydroxyl groups is 1. The molecule has 0 aliphatic heterocycles. The zero-order valence-corrected chi connectivity index (χ0v) is 25.1. The van der Waals surface area contributed by atoms with Crippen molar-refractivity contribution in [3.63, 3.8) is 0 Å². The Morgan fingerprint density at radius 2 is 1.55 bits per heavy atom. The molecular weight excluding hydrogens is 552 g/mol. The van der Waals surface area contributed by atoms with Gasteiger partial charge in [0.1, 0.15) is 6.61 Å². The van der Waals surface area contributed by atoms with Crippen molar-refractivity contribution in [2.24, 2.45) is 11.8 Å². The highest BCUT2D eigenvalue weighted by Crippen LogP contribution is 2.18. The maximum atomic E-state index is 13.3. The van der Waals surface area contributed by atoms with Gasteiger partial charge in [-0.25, -0.2) is 0 Å². The predicted octanol–water partition coefficient (Wildman–Crippen LogP) is 4.09. The third kappa shape index (κ3) is 14.5. The molecule has 0 fully saturated rings. The lowest BCUT2D eigenvalue weighted by Crippen LogP contribution is -2.45. The fraction of sp³-hybridized carbons (Fsp3) is 0.424. The topological polar surface area (TPSA) is 114 Å². The van der Waals surface area contributed by atoms with E-state index < -0.39 is 12.0 Å². The first-order chi connectivity index (χ1) is 20.5. The van der Waals surface area contributed by atoms with Crippen molar-refractivity contribution >= 4 is 29.5 Å². The quantitative estimate of drug-likeness (QED) is 0.107. The number of nitrogens with one attached hydrogen (secondary N) is 2. The Hall–Kier alpha value is -3.40. The van der Waals surface area contributed by atoms with Gasteiger partial charge in [-0.2, -0.15) is 11.8 Å². The van der Waals surface area contributed by atoms with Crippen LogP contribution in [-0.2, 0) is 36.0 Å². The number of esters is 1. The van der Waals surface area contributed by atoms with Gasteiger partial charge in [-0.3, -0.25) is 14.4 Å². The Bertz CT molecular complexity index is 1080. The number of carbonyl (C=O) groups is 3. The van der Waals surface area contributed by atoms with E-state index in [-0.39, 0.29) is 63.1 Å². The molecule has 2 aromatic rings. The summed E-state index contributed by atoms with van der Waals surface area (Å²) in [5.74, 6) is -0.647. The molecule has 0 radical (unpaired) electrons. The SMILES string of the molecule is C=CC[C@H](CC(=O)NCCOCCO)C(=O)N[C@H](COC(=O)[C@H](CC=C)Cc1ccccc1)CSCc1ccccc1. The van der Waals surface area contributed by atoms with Crippen LogP contribution in [0.2, 0.25) is 0 Å². The number of amides is 2. The van der Waals surface area contributed by atoms with Crippen molar-refractivity contribution in [1.82, 2.24) is 10.6 Å². The highest BCUT2D eigenvalue weighted by atomic mass is 32.2.